The molecule has 1 heterocycles. The lowest BCUT2D eigenvalue weighted by molar-refractivity contribution is 0.504. The van der Waals surface area contributed by atoms with Crippen LogP contribution in [0.4, 0.5) is 11.4 Å². The van der Waals surface area contributed by atoms with Gasteiger partial charge in [0.05, 0.1) is 11.4 Å². The Morgan fingerprint density at radius 1 is 1.33 bits per heavy atom. The number of hydrogen-bond donors (Lipinski definition) is 1. The van der Waals surface area contributed by atoms with Gasteiger partial charge in [-0.25, -0.2) is 0 Å². The number of anilines is 2. The SMILES string of the molecule is CC(C)(C)N1CCNc2cc(Br)ccc21. The molecule has 0 amide bonds. The minimum atomic E-state index is 0.185. The Kier molecular flexibility index (Phi) is 2.67. The van der Waals surface area contributed by atoms with Crippen molar-refractivity contribution in [1.29, 1.82) is 0 Å². The van der Waals surface area contributed by atoms with Gasteiger partial charge in [-0.15, -0.1) is 0 Å². The van der Waals surface area contributed by atoms with Gasteiger partial charge in [-0.05, 0) is 39.0 Å². The van der Waals surface area contributed by atoms with Crippen LogP contribution in [0.15, 0.2) is 22.7 Å². The molecular formula is C12H17BrN2. The second-order valence-electron chi connectivity index (χ2n) is 4.91. The van der Waals surface area contributed by atoms with E-state index in [-0.39, 0.29) is 5.54 Å². The molecule has 1 aromatic rings. The summed E-state index contributed by atoms with van der Waals surface area (Å²) >= 11 is 3.50. The van der Waals surface area contributed by atoms with Crippen molar-refractivity contribution in [2.45, 2.75) is 26.3 Å². The van der Waals surface area contributed by atoms with E-state index in [1.165, 1.54) is 11.4 Å². The van der Waals surface area contributed by atoms with Gasteiger partial charge in [0.25, 0.3) is 0 Å². The van der Waals surface area contributed by atoms with Crippen LogP contribution < -0.4 is 10.2 Å². The summed E-state index contributed by atoms with van der Waals surface area (Å²) in [7, 11) is 0. The summed E-state index contributed by atoms with van der Waals surface area (Å²) in [5.41, 5.74) is 2.72. The lowest BCUT2D eigenvalue weighted by atomic mass is 10.0. The number of benzene rings is 1. The van der Waals surface area contributed by atoms with E-state index in [2.05, 4.69) is 65.1 Å². The van der Waals surface area contributed by atoms with Crippen LogP contribution in [0.5, 0.6) is 0 Å². The number of nitrogens with zero attached hydrogens (tertiary/aromatic N) is 1. The maximum absolute atomic E-state index is 3.50. The highest BCUT2D eigenvalue weighted by Crippen LogP contribution is 2.35. The first-order valence-electron chi connectivity index (χ1n) is 5.29. The minimum absolute atomic E-state index is 0.185. The number of hydrogen-bond acceptors (Lipinski definition) is 2. The van der Waals surface area contributed by atoms with Gasteiger partial charge in [0, 0.05) is 23.1 Å². The molecule has 0 bridgehead atoms. The highest BCUT2D eigenvalue weighted by molar-refractivity contribution is 9.10. The molecule has 0 radical (unpaired) electrons. The normalized spacial score (nSPS) is 15.9. The van der Waals surface area contributed by atoms with Crippen molar-refractivity contribution in [1.82, 2.24) is 0 Å². The van der Waals surface area contributed by atoms with E-state index in [1.54, 1.807) is 0 Å². The highest BCUT2D eigenvalue weighted by atomic mass is 79.9. The maximum Gasteiger partial charge on any atom is 0.0607 e. The molecule has 0 unspecified atom stereocenters. The van der Waals surface area contributed by atoms with E-state index in [0.717, 1.165) is 17.6 Å². The van der Waals surface area contributed by atoms with Crippen molar-refractivity contribution in [2.24, 2.45) is 0 Å². The summed E-state index contributed by atoms with van der Waals surface area (Å²) in [6, 6.07) is 6.43. The lowest BCUT2D eigenvalue weighted by Crippen LogP contribution is -2.46. The maximum atomic E-state index is 3.50. The first-order valence-corrected chi connectivity index (χ1v) is 6.09. The summed E-state index contributed by atoms with van der Waals surface area (Å²) < 4.78 is 1.13. The quantitative estimate of drug-likeness (QED) is 0.775. The summed E-state index contributed by atoms with van der Waals surface area (Å²) in [5.74, 6) is 0. The zero-order valence-electron chi connectivity index (χ0n) is 9.47. The topological polar surface area (TPSA) is 15.3 Å². The van der Waals surface area contributed by atoms with Crippen LogP contribution in [-0.4, -0.2) is 18.6 Å². The molecule has 0 spiro atoms. The second-order valence-corrected chi connectivity index (χ2v) is 5.83. The summed E-state index contributed by atoms with van der Waals surface area (Å²) in [6.07, 6.45) is 0. The fourth-order valence-corrected chi connectivity index (χ4v) is 2.37. The third kappa shape index (κ3) is 2.12. The van der Waals surface area contributed by atoms with E-state index < -0.39 is 0 Å². The van der Waals surface area contributed by atoms with Gasteiger partial charge in [0.15, 0.2) is 0 Å². The summed E-state index contributed by atoms with van der Waals surface area (Å²) in [4.78, 5) is 2.45. The molecule has 1 aromatic carbocycles. The van der Waals surface area contributed by atoms with Gasteiger partial charge < -0.3 is 10.2 Å². The van der Waals surface area contributed by atoms with Crippen molar-refractivity contribution in [3.05, 3.63) is 22.7 Å². The molecule has 0 atom stereocenters. The van der Waals surface area contributed by atoms with Crippen LogP contribution in [0.1, 0.15) is 20.8 Å². The first-order chi connectivity index (χ1) is 6.98. The Labute approximate surface area is 99.8 Å². The minimum Gasteiger partial charge on any atom is -0.382 e. The number of fused-ring (bicyclic) bond motifs is 1. The molecule has 0 saturated carbocycles. The predicted octanol–water partition coefficient (Wildman–Crippen LogP) is 3.48. The van der Waals surface area contributed by atoms with Crippen molar-refractivity contribution in [2.75, 3.05) is 23.3 Å². The van der Waals surface area contributed by atoms with E-state index in [4.69, 9.17) is 0 Å². The number of nitrogens with one attached hydrogen (secondary N) is 1. The largest absolute Gasteiger partial charge is 0.382 e. The molecule has 0 fully saturated rings. The van der Waals surface area contributed by atoms with Crippen molar-refractivity contribution in [3.8, 4) is 0 Å². The van der Waals surface area contributed by atoms with Gasteiger partial charge in [0.2, 0.25) is 0 Å². The van der Waals surface area contributed by atoms with Crippen LogP contribution in [0.2, 0.25) is 0 Å². The molecule has 0 saturated heterocycles. The molecule has 0 aliphatic carbocycles. The van der Waals surface area contributed by atoms with Crippen LogP contribution in [-0.2, 0) is 0 Å². The Morgan fingerprint density at radius 2 is 2.07 bits per heavy atom. The average Bonchev–Trinajstić information content (AvgIpc) is 2.15. The van der Waals surface area contributed by atoms with E-state index in [0.29, 0.717) is 0 Å². The molecule has 0 aromatic heterocycles. The Bertz CT molecular complexity index is 368. The Hall–Kier alpha value is -0.700. The average molecular weight is 269 g/mol. The van der Waals surface area contributed by atoms with Crippen molar-refractivity contribution in [3.63, 3.8) is 0 Å². The molecule has 1 N–H and O–H groups in total. The zero-order valence-corrected chi connectivity index (χ0v) is 11.1. The molecule has 3 heteroatoms. The third-order valence-electron chi connectivity index (χ3n) is 2.71. The molecular weight excluding hydrogens is 252 g/mol. The standard InChI is InChI=1S/C12H17BrN2/c1-12(2,3)15-7-6-14-10-8-9(13)4-5-11(10)15/h4-5,8,14H,6-7H2,1-3H3. The molecule has 1 aliphatic rings. The third-order valence-corrected chi connectivity index (χ3v) is 3.20. The van der Waals surface area contributed by atoms with Crippen LogP contribution in [0, 0.1) is 0 Å². The number of halogens is 1. The van der Waals surface area contributed by atoms with E-state index in [9.17, 15) is 0 Å². The fraction of sp³-hybridized carbons (Fsp3) is 0.500. The predicted molar refractivity (Wildman–Crippen MR) is 69.7 cm³/mol. The fourth-order valence-electron chi connectivity index (χ4n) is 2.00. The zero-order chi connectivity index (χ0) is 11.1. The van der Waals surface area contributed by atoms with Gasteiger partial charge in [-0.3, -0.25) is 0 Å². The van der Waals surface area contributed by atoms with Crippen molar-refractivity contribution < 1.29 is 0 Å². The van der Waals surface area contributed by atoms with Gasteiger partial charge in [0.1, 0.15) is 0 Å². The smallest absolute Gasteiger partial charge is 0.0607 e. The highest BCUT2D eigenvalue weighted by Gasteiger charge is 2.26. The summed E-state index contributed by atoms with van der Waals surface area (Å²) in [6.45, 7) is 8.84. The molecule has 2 nitrogen and oxygen atoms in total. The molecule has 15 heavy (non-hydrogen) atoms. The van der Waals surface area contributed by atoms with Crippen LogP contribution in [0.3, 0.4) is 0 Å². The number of rotatable bonds is 0. The lowest BCUT2D eigenvalue weighted by Gasteiger charge is -2.42. The van der Waals surface area contributed by atoms with Crippen LogP contribution in [0.25, 0.3) is 0 Å². The van der Waals surface area contributed by atoms with Gasteiger partial charge >= 0.3 is 0 Å². The molecule has 82 valence electrons. The van der Waals surface area contributed by atoms with Gasteiger partial charge in [-0.2, -0.15) is 0 Å². The molecule has 1 aliphatic heterocycles. The Morgan fingerprint density at radius 3 is 2.73 bits per heavy atom. The second kappa shape index (κ2) is 3.71. The summed E-state index contributed by atoms with van der Waals surface area (Å²) in [5, 5.41) is 3.43. The Balaban J connectivity index is 2.43. The first kappa shape index (κ1) is 10.8. The van der Waals surface area contributed by atoms with Crippen molar-refractivity contribution >= 4 is 27.3 Å². The van der Waals surface area contributed by atoms with E-state index >= 15 is 0 Å². The molecule has 2 rings (SSSR count). The van der Waals surface area contributed by atoms with Crippen LogP contribution >= 0.6 is 15.9 Å². The van der Waals surface area contributed by atoms with Gasteiger partial charge in [-0.1, -0.05) is 15.9 Å². The monoisotopic (exact) mass is 268 g/mol. The van der Waals surface area contributed by atoms with E-state index in [1.807, 2.05) is 0 Å².